The number of hydrogen-bond donors (Lipinski definition) is 1. The van der Waals surface area contributed by atoms with E-state index in [2.05, 4.69) is 54.4 Å². The third-order valence-corrected chi connectivity index (χ3v) is 4.04. The monoisotopic (exact) mass is 304 g/mol. The Kier molecular flexibility index (Phi) is 4.93. The summed E-state index contributed by atoms with van der Waals surface area (Å²) in [6.07, 6.45) is 1.78. The first kappa shape index (κ1) is 15.9. The average molecular weight is 304 g/mol. The molecular formula is C16H24N4S. The number of nitrogens with one attached hydrogen (secondary N) is 1. The first-order valence-electron chi connectivity index (χ1n) is 7.42. The SMILES string of the molecule is CCCNc1cc(C(C)(C)C)nc(Cc2nc(C)cs2)n1. The highest BCUT2D eigenvalue weighted by atomic mass is 32.1. The summed E-state index contributed by atoms with van der Waals surface area (Å²) < 4.78 is 0. The molecule has 0 fully saturated rings. The van der Waals surface area contributed by atoms with Crippen LogP contribution >= 0.6 is 11.3 Å². The van der Waals surface area contributed by atoms with Crippen LogP contribution < -0.4 is 5.32 Å². The minimum atomic E-state index is 0.0130. The molecule has 2 aromatic rings. The molecule has 0 aliphatic rings. The van der Waals surface area contributed by atoms with Crippen LogP contribution in [0.4, 0.5) is 5.82 Å². The van der Waals surface area contributed by atoms with E-state index in [0.29, 0.717) is 6.42 Å². The van der Waals surface area contributed by atoms with Gasteiger partial charge in [0.25, 0.3) is 0 Å². The molecule has 0 amide bonds. The summed E-state index contributed by atoms with van der Waals surface area (Å²) in [7, 11) is 0. The molecule has 0 radical (unpaired) electrons. The maximum atomic E-state index is 4.73. The van der Waals surface area contributed by atoms with Crippen molar-refractivity contribution in [1.82, 2.24) is 15.0 Å². The van der Waals surface area contributed by atoms with Crippen molar-refractivity contribution in [1.29, 1.82) is 0 Å². The molecule has 1 N–H and O–H groups in total. The van der Waals surface area contributed by atoms with Crippen molar-refractivity contribution in [3.05, 3.63) is 33.7 Å². The van der Waals surface area contributed by atoms with E-state index in [9.17, 15) is 0 Å². The molecule has 4 nitrogen and oxygen atoms in total. The second kappa shape index (κ2) is 6.52. The fraction of sp³-hybridized carbons (Fsp3) is 0.562. The van der Waals surface area contributed by atoms with E-state index in [0.717, 1.165) is 41.0 Å². The van der Waals surface area contributed by atoms with Gasteiger partial charge in [-0.1, -0.05) is 27.7 Å². The van der Waals surface area contributed by atoms with Crippen molar-refractivity contribution < 1.29 is 0 Å². The van der Waals surface area contributed by atoms with Crippen molar-refractivity contribution in [3.8, 4) is 0 Å². The molecule has 5 heteroatoms. The molecule has 0 aliphatic heterocycles. The van der Waals surface area contributed by atoms with E-state index < -0.39 is 0 Å². The molecule has 2 heterocycles. The number of anilines is 1. The zero-order valence-corrected chi connectivity index (χ0v) is 14.3. The Bertz CT molecular complexity index is 599. The predicted octanol–water partition coefficient (Wildman–Crippen LogP) is 3.95. The van der Waals surface area contributed by atoms with Gasteiger partial charge in [-0.05, 0) is 13.3 Å². The topological polar surface area (TPSA) is 50.7 Å². The van der Waals surface area contributed by atoms with Crippen molar-refractivity contribution in [3.63, 3.8) is 0 Å². The lowest BCUT2D eigenvalue weighted by Crippen LogP contribution is -2.17. The molecule has 0 aliphatic carbocycles. The Labute approximate surface area is 131 Å². The molecular weight excluding hydrogens is 280 g/mol. The maximum Gasteiger partial charge on any atom is 0.137 e. The Hall–Kier alpha value is -1.49. The van der Waals surface area contributed by atoms with Crippen LogP contribution in [-0.2, 0) is 11.8 Å². The molecule has 0 bridgehead atoms. The predicted molar refractivity (Wildman–Crippen MR) is 89.2 cm³/mol. The maximum absolute atomic E-state index is 4.73. The zero-order valence-electron chi connectivity index (χ0n) is 13.5. The van der Waals surface area contributed by atoms with Crippen LogP contribution in [0.25, 0.3) is 0 Å². The van der Waals surface area contributed by atoms with Gasteiger partial charge in [0, 0.05) is 29.1 Å². The number of rotatable bonds is 5. The van der Waals surface area contributed by atoms with Gasteiger partial charge in [-0.3, -0.25) is 0 Å². The van der Waals surface area contributed by atoms with E-state index in [-0.39, 0.29) is 5.41 Å². The molecule has 114 valence electrons. The van der Waals surface area contributed by atoms with Crippen molar-refractivity contribution in [2.24, 2.45) is 0 Å². The summed E-state index contributed by atoms with van der Waals surface area (Å²) in [6, 6.07) is 2.06. The van der Waals surface area contributed by atoms with Crippen molar-refractivity contribution in [2.45, 2.75) is 52.9 Å². The van der Waals surface area contributed by atoms with Crippen LogP contribution in [0, 0.1) is 6.92 Å². The van der Waals surface area contributed by atoms with E-state index in [4.69, 9.17) is 4.98 Å². The highest BCUT2D eigenvalue weighted by Gasteiger charge is 2.18. The number of hydrogen-bond acceptors (Lipinski definition) is 5. The molecule has 2 aromatic heterocycles. The number of nitrogens with zero attached hydrogens (tertiary/aromatic N) is 3. The molecule has 21 heavy (non-hydrogen) atoms. The number of aryl methyl sites for hydroxylation is 1. The average Bonchev–Trinajstić information content (AvgIpc) is 2.80. The summed E-state index contributed by atoms with van der Waals surface area (Å²) >= 11 is 1.67. The van der Waals surface area contributed by atoms with E-state index >= 15 is 0 Å². The van der Waals surface area contributed by atoms with Crippen LogP contribution in [0.2, 0.25) is 0 Å². The van der Waals surface area contributed by atoms with Crippen LogP contribution in [0.1, 0.15) is 56.3 Å². The highest BCUT2D eigenvalue weighted by Crippen LogP contribution is 2.23. The minimum absolute atomic E-state index is 0.0130. The van der Waals surface area contributed by atoms with Gasteiger partial charge in [-0.2, -0.15) is 0 Å². The lowest BCUT2D eigenvalue weighted by Gasteiger charge is -2.19. The smallest absolute Gasteiger partial charge is 0.137 e. The molecule has 0 spiro atoms. The molecule has 2 rings (SSSR count). The lowest BCUT2D eigenvalue weighted by molar-refractivity contribution is 0.563. The molecule has 0 unspecified atom stereocenters. The van der Waals surface area contributed by atoms with Crippen LogP contribution in [-0.4, -0.2) is 21.5 Å². The van der Waals surface area contributed by atoms with Gasteiger partial charge in [0.05, 0.1) is 12.1 Å². The van der Waals surface area contributed by atoms with Gasteiger partial charge in [-0.25, -0.2) is 15.0 Å². The summed E-state index contributed by atoms with van der Waals surface area (Å²) in [5, 5.41) is 6.51. The van der Waals surface area contributed by atoms with Gasteiger partial charge >= 0.3 is 0 Å². The normalized spacial score (nSPS) is 11.7. The number of thiazole rings is 1. The quantitative estimate of drug-likeness (QED) is 0.908. The van der Waals surface area contributed by atoms with Crippen molar-refractivity contribution >= 4 is 17.2 Å². The lowest BCUT2D eigenvalue weighted by atomic mass is 9.92. The molecule has 0 atom stereocenters. The zero-order chi connectivity index (χ0) is 15.5. The Morgan fingerprint density at radius 2 is 1.95 bits per heavy atom. The van der Waals surface area contributed by atoms with E-state index in [1.165, 1.54) is 0 Å². The molecule has 0 aromatic carbocycles. The summed E-state index contributed by atoms with van der Waals surface area (Å²) in [6.45, 7) is 11.6. The third kappa shape index (κ3) is 4.49. The number of aromatic nitrogens is 3. The second-order valence-corrected chi connectivity index (χ2v) is 7.23. The Morgan fingerprint density at radius 1 is 1.19 bits per heavy atom. The minimum Gasteiger partial charge on any atom is -0.370 e. The van der Waals surface area contributed by atoms with Crippen LogP contribution in [0.5, 0.6) is 0 Å². The first-order chi connectivity index (χ1) is 9.88. The molecule has 0 saturated carbocycles. The van der Waals surface area contributed by atoms with Gasteiger partial charge in [0.1, 0.15) is 16.6 Å². The summed E-state index contributed by atoms with van der Waals surface area (Å²) in [4.78, 5) is 13.9. The van der Waals surface area contributed by atoms with Crippen LogP contribution in [0.15, 0.2) is 11.4 Å². The highest BCUT2D eigenvalue weighted by molar-refractivity contribution is 7.09. The van der Waals surface area contributed by atoms with Gasteiger partial charge < -0.3 is 5.32 Å². The fourth-order valence-electron chi connectivity index (χ4n) is 1.92. The van der Waals surface area contributed by atoms with Gasteiger partial charge in [-0.15, -0.1) is 11.3 Å². The largest absolute Gasteiger partial charge is 0.370 e. The first-order valence-corrected chi connectivity index (χ1v) is 8.29. The second-order valence-electron chi connectivity index (χ2n) is 6.29. The Morgan fingerprint density at radius 3 is 2.52 bits per heavy atom. The Balaban J connectivity index is 2.30. The van der Waals surface area contributed by atoms with Crippen molar-refractivity contribution in [2.75, 3.05) is 11.9 Å². The third-order valence-electron chi connectivity index (χ3n) is 3.07. The summed E-state index contributed by atoms with van der Waals surface area (Å²) in [5.41, 5.74) is 2.14. The standard InChI is InChI=1S/C16H24N4S/c1-6-7-17-13-8-12(16(3,4)5)19-14(20-13)9-15-18-11(2)10-21-15/h8,10H,6-7,9H2,1-5H3,(H,17,19,20). The van der Waals surface area contributed by atoms with E-state index in [1.54, 1.807) is 11.3 Å². The van der Waals surface area contributed by atoms with Gasteiger partial charge in [0.2, 0.25) is 0 Å². The fourth-order valence-corrected chi connectivity index (χ4v) is 2.69. The molecule has 0 saturated heterocycles. The van der Waals surface area contributed by atoms with E-state index in [1.807, 2.05) is 6.92 Å². The summed E-state index contributed by atoms with van der Waals surface area (Å²) in [5.74, 6) is 1.76. The van der Waals surface area contributed by atoms with Gasteiger partial charge in [0.15, 0.2) is 0 Å². The van der Waals surface area contributed by atoms with Crippen LogP contribution in [0.3, 0.4) is 0 Å².